The van der Waals surface area contributed by atoms with Crippen molar-refractivity contribution in [3.05, 3.63) is 50.7 Å². The smallest absolute Gasteiger partial charge is 0.331 e. The minimum atomic E-state index is -0.927. The van der Waals surface area contributed by atoms with E-state index in [-0.39, 0.29) is 5.69 Å². The summed E-state index contributed by atoms with van der Waals surface area (Å²) < 4.78 is 1.66. The number of fused-ring (bicyclic) bond motifs is 3. The average molecular weight is 358 g/mol. The standard InChI is InChI=1S/C19H20ClN3O2/c1-22-11-13-14(20)5-4-6-16(13)23-17(12-22)15(21-18(23)24)7-10-19(25)8-2-3-9-19/h4-6,25H,2-3,8-9,11-12H2,1H3,(H,21,24). The van der Waals surface area contributed by atoms with E-state index in [0.29, 0.717) is 36.6 Å². The molecule has 2 aliphatic rings. The summed E-state index contributed by atoms with van der Waals surface area (Å²) in [5.41, 5.74) is 1.95. The second kappa shape index (κ2) is 6.06. The van der Waals surface area contributed by atoms with E-state index in [9.17, 15) is 9.90 Å². The number of imidazole rings is 1. The Morgan fingerprint density at radius 1 is 1.28 bits per heavy atom. The predicted octanol–water partition coefficient (Wildman–Crippen LogP) is 2.42. The van der Waals surface area contributed by atoms with E-state index < -0.39 is 5.60 Å². The second-order valence-electron chi connectivity index (χ2n) is 6.99. The first-order valence-corrected chi connectivity index (χ1v) is 8.90. The number of nitrogens with one attached hydrogen (secondary N) is 1. The third-order valence-electron chi connectivity index (χ3n) is 5.03. The van der Waals surface area contributed by atoms with Crippen LogP contribution in [-0.2, 0) is 13.1 Å². The highest BCUT2D eigenvalue weighted by Crippen LogP contribution is 2.30. The number of hydrogen-bond donors (Lipinski definition) is 2. The molecule has 25 heavy (non-hydrogen) atoms. The van der Waals surface area contributed by atoms with Gasteiger partial charge in [0.1, 0.15) is 11.3 Å². The summed E-state index contributed by atoms with van der Waals surface area (Å²) in [4.78, 5) is 17.6. The molecule has 1 aromatic carbocycles. The van der Waals surface area contributed by atoms with Gasteiger partial charge in [-0.3, -0.25) is 14.5 Å². The first-order valence-electron chi connectivity index (χ1n) is 8.53. The third-order valence-corrected chi connectivity index (χ3v) is 5.38. The number of nitrogens with zero attached hydrogens (tertiary/aromatic N) is 2. The fourth-order valence-electron chi connectivity index (χ4n) is 3.74. The Bertz CT molecular complexity index is 942. The van der Waals surface area contributed by atoms with Gasteiger partial charge in [-0.05, 0) is 50.8 Å². The van der Waals surface area contributed by atoms with Gasteiger partial charge in [-0.15, -0.1) is 0 Å². The topological polar surface area (TPSA) is 61.3 Å². The quantitative estimate of drug-likeness (QED) is 0.712. The van der Waals surface area contributed by atoms with Crippen molar-refractivity contribution in [2.24, 2.45) is 0 Å². The number of rotatable bonds is 0. The molecule has 1 saturated carbocycles. The van der Waals surface area contributed by atoms with Crippen LogP contribution < -0.4 is 5.69 Å². The van der Waals surface area contributed by atoms with Gasteiger partial charge < -0.3 is 5.11 Å². The molecule has 130 valence electrons. The lowest BCUT2D eigenvalue weighted by molar-refractivity contribution is 0.110. The predicted molar refractivity (Wildman–Crippen MR) is 96.9 cm³/mol. The van der Waals surface area contributed by atoms with Crippen molar-refractivity contribution < 1.29 is 5.11 Å². The van der Waals surface area contributed by atoms with Gasteiger partial charge in [0.2, 0.25) is 0 Å². The average Bonchev–Trinajstić information content (AvgIpc) is 3.07. The number of H-pyrrole nitrogens is 1. The van der Waals surface area contributed by atoms with Crippen LogP contribution in [0.2, 0.25) is 5.02 Å². The number of halogens is 1. The number of aromatic nitrogens is 2. The van der Waals surface area contributed by atoms with Gasteiger partial charge in [0.15, 0.2) is 0 Å². The monoisotopic (exact) mass is 357 g/mol. The summed E-state index contributed by atoms with van der Waals surface area (Å²) in [5.74, 6) is 6.02. The van der Waals surface area contributed by atoms with Gasteiger partial charge in [-0.1, -0.05) is 23.6 Å². The maximum Gasteiger partial charge on any atom is 0.331 e. The number of hydrogen-bond acceptors (Lipinski definition) is 3. The molecule has 0 unspecified atom stereocenters. The van der Waals surface area contributed by atoms with Crippen molar-refractivity contribution in [1.82, 2.24) is 14.5 Å². The zero-order valence-corrected chi connectivity index (χ0v) is 14.9. The van der Waals surface area contributed by atoms with E-state index in [2.05, 4.69) is 21.7 Å². The maximum atomic E-state index is 12.6. The van der Waals surface area contributed by atoms with Crippen LogP contribution in [0.1, 0.15) is 42.6 Å². The van der Waals surface area contributed by atoms with Crippen molar-refractivity contribution in [1.29, 1.82) is 0 Å². The van der Waals surface area contributed by atoms with Crippen molar-refractivity contribution in [3.8, 4) is 17.5 Å². The van der Waals surface area contributed by atoms with Gasteiger partial charge in [0, 0.05) is 23.7 Å². The molecule has 1 aromatic heterocycles. The lowest BCUT2D eigenvalue weighted by atomic mass is 10.0. The Labute approximate surface area is 151 Å². The molecule has 0 atom stereocenters. The lowest BCUT2D eigenvalue weighted by Gasteiger charge is -2.14. The minimum absolute atomic E-state index is 0.225. The van der Waals surface area contributed by atoms with Gasteiger partial charge in [-0.25, -0.2) is 4.79 Å². The van der Waals surface area contributed by atoms with Crippen molar-refractivity contribution >= 4 is 11.6 Å². The van der Waals surface area contributed by atoms with E-state index in [4.69, 9.17) is 11.6 Å². The number of aromatic amines is 1. The van der Waals surface area contributed by atoms with E-state index in [0.717, 1.165) is 29.8 Å². The molecule has 0 bridgehead atoms. The largest absolute Gasteiger partial charge is 0.378 e. The SMILES string of the molecule is CN1Cc2c(Cl)cccc2-n2c(c(C#CC3(O)CCCC3)[nH]c2=O)C1. The molecule has 0 amide bonds. The van der Waals surface area contributed by atoms with E-state index in [1.807, 2.05) is 25.2 Å². The van der Waals surface area contributed by atoms with Gasteiger partial charge in [0.05, 0.1) is 11.4 Å². The summed E-state index contributed by atoms with van der Waals surface area (Å²) in [7, 11) is 1.99. The molecule has 2 aromatic rings. The number of aliphatic hydroxyl groups is 1. The Balaban J connectivity index is 1.86. The second-order valence-corrected chi connectivity index (χ2v) is 7.39. The Hall–Kier alpha value is -2.00. The molecule has 2 heterocycles. The molecule has 0 radical (unpaired) electrons. The van der Waals surface area contributed by atoms with Crippen LogP contribution in [0, 0.1) is 11.8 Å². The molecule has 4 rings (SSSR count). The first-order chi connectivity index (χ1) is 12.0. The molecular formula is C19H20ClN3O2. The minimum Gasteiger partial charge on any atom is -0.378 e. The molecule has 1 fully saturated rings. The van der Waals surface area contributed by atoms with E-state index in [1.54, 1.807) is 4.57 Å². The highest BCUT2D eigenvalue weighted by atomic mass is 35.5. The molecule has 0 spiro atoms. The third kappa shape index (κ3) is 2.91. The summed E-state index contributed by atoms with van der Waals surface area (Å²) in [6.07, 6.45) is 3.37. The van der Waals surface area contributed by atoms with Crippen molar-refractivity contribution in [3.63, 3.8) is 0 Å². The van der Waals surface area contributed by atoms with Crippen LogP contribution in [0.3, 0.4) is 0 Å². The van der Waals surface area contributed by atoms with Crippen LogP contribution in [0.5, 0.6) is 0 Å². The Kier molecular flexibility index (Phi) is 3.99. The molecule has 0 saturated heterocycles. The van der Waals surface area contributed by atoms with Crippen LogP contribution in [-0.4, -0.2) is 32.2 Å². The van der Waals surface area contributed by atoms with Crippen molar-refractivity contribution in [2.75, 3.05) is 7.05 Å². The van der Waals surface area contributed by atoms with Crippen LogP contribution in [0.4, 0.5) is 0 Å². The molecule has 1 aliphatic carbocycles. The maximum absolute atomic E-state index is 12.6. The molecule has 2 N–H and O–H groups in total. The van der Waals surface area contributed by atoms with E-state index in [1.165, 1.54) is 0 Å². The highest BCUT2D eigenvalue weighted by Gasteiger charge is 2.29. The summed E-state index contributed by atoms with van der Waals surface area (Å²) in [5, 5.41) is 11.1. The van der Waals surface area contributed by atoms with Gasteiger partial charge in [-0.2, -0.15) is 0 Å². The zero-order chi connectivity index (χ0) is 17.6. The molecule has 6 heteroatoms. The normalized spacial score (nSPS) is 18.8. The lowest BCUT2D eigenvalue weighted by Crippen LogP contribution is -2.21. The van der Waals surface area contributed by atoms with Crippen LogP contribution in [0.15, 0.2) is 23.0 Å². The van der Waals surface area contributed by atoms with Crippen LogP contribution >= 0.6 is 11.6 Å². The summed E-state index contributed by atoms with van der Waals surface area (Å²) in [6, 6.07) is 5.59. The van der Waals surface area contributed by atoms with Crippen molar-refractivity contribution in [2.45, 2.75) is 44.4 Å². The molecule has 1 aliphatic heterocycles. The fraction of sp³-hybridized carbons (Fsp3) is 0.421. The van der Waals surface area contributed by atoms with Crippen LogP contribution in [0.25, 0.3) is 5.69 Å². The number of benzene rings is 1. The fourth-order valence-corrected chi connectivity index (χ4v) is 3.97. The molecule has 5 nitrogen and oxygen atoms in total. The first kappa shape index (κ1) is 16.5. The van der Waals surface area contributed by atoms with E-state index >= 15 is 0 Å². The zero-order valence-electron chi connectivity index (χ0n) is 14.1. The Morgan fingerprint density at radius 3 is 2.80 bits per heavy atom. The summed E-state index contributed by atoms with van der Waals surface area (Å²) >= 11 is 6.36. The van der Waals surface area contributed by atoms with Gasteiger partial charge >= 0.3 is 5.69 Å². The Morgan fingerprint density at radius 2 is 2.04 bits per heavy atom. The summed E-state index contributed by atoms with van der Waals surface area (Å²) in [6.45, 7) is 1.24. The highest BCUT2D eigenvalue weighted by molar-refractivity contribution is 6.31. The van der Waals surface area contributed by atoms with Gasteiger partial charge in [0.25, 0.3) is 0 Å². The molecular weight excluding hydrogens is 338 g/mol.